The highest BCUT2D eigenvalue weighted by atomic mass is 16.7. The number of piperidine rings is 1. The maximum absolute atomic E-state index is 12.8. The molecule has 1 fully saturated rings. The summed E-state index contributed by atoms with van der Waals surface area (Å²) in [5.74, 6) is 2.02. The molecule has 178 valence electrons. The Hall–Kier alpha value is -4.02. The molecule has 3 aromatic carbocycles. The molecule has 0 saturated carbocycles. The zero-order valence-electron chi connectivity index (χ0n) is 19.5. The molecule has 0 atom stereocenters. The summed E-state index contributed by atoms with van der Waals surface area (Å²) < 4.78 is 11.1. The van der Waals surface area contributed by atoms with E-state index in [9.17, 15) is 4.79 Å². The van der Waals surface area contributed by atoms with Crippen LogP contribution < -0.4 is 20.1 Å². The van der Waals surface area contributed by atoms with Crippen LogP contribution in [0.3, 0.4) is 0 Å². The Morgan fingerprint density at radius 1 is 0.971 bits per heavy atom. The second-order valence-corrected chi connectivity index (χ2v) is 9.04. The van der Waals surface area contributed by atoms with Gasteiger partial charge in [-0.2, -0.15) is 5.26 Å². The van der Waals surface area contributed by atoms with Gasteiger partial charge in [0.15, 0.2) is 11.5 Å². The van der Waals surface area contributed by atoms with Crippen molar-refractivity contribution < 1.29 is 14.3 Å². The summed E-state index contributed by atoms with van der Waals surface area (Å²) in [5, 5.41) is 14.9. The number of nitrogens with one attached hydrogen (secondary N) is 2. The van der Waals surface area contributed by atoms with Crippen LogP contribution in [0.4, 0.5) is 16.2 Å². The number of likely N-dealkylation sites (tertiary alicyclic amines) is 1. The third-order valence-corrected chi connectivity index (χ3v) is 6.56. The third kappa shape index (κ3) is 5.73. The molecular formula is C28H28N4O3. The Labute approximate surface area is 205 Å². The highest BCUT2D eigenvalue weighted by Crippen LogP contribution is 2.38. The molecule has 35 heavy (non-hydrogen) atoms. The molecule has 0 bridgehead atoms. The Morgan fingerprint density at radius 3 is 2.51 bits per heavy atom. The molecule has 1 saturated heterocycles. The van der Waals surface area contributed by atoms with Crippen molar-refractivity contribution in [1.82, 2.24) is 4.90 Å². The zero-order chi connectivity index (χ0) is 24.0. The van der Waals surface area contributed by atoms with Gasteiger partial charge in [0.05, 0.1) is 17.3 Å². The first-order chi connectivity index (χ1) is 17.2. The van der Waals surface area contributed by atoms with E-state index in [4.69, 9.17) is 14.7 Å². The Bertz CT molecular complexity index is 1230. The van der Waals surface area contributed by atoms with E-state index >= 15 is 0 Å². The first kappa shape index (κ1) is 22.8. The molecule has 0 spiro atoms. The Kier molecular flexibility index (Phi) is 6.82. The predicted octanol–water partition coefficient (Wildman–Crippen LogP) is 5.39. The number of nitrogens with zero attached hydrogens (tertiary/aromatic N) is 2. The van der Waals surface area contributed by atoms with Crippen molar-refractivity contribution in [3.63, 3.8) is 0 Å². The molecule has 5 rings (SSSR count). The summed E-state index contributed by atoms with van der Waals surface area (Å²) in [6.45, 7) is 2.92. The molecule has 2 aliphatic rings. The summed E-state index contributed by atoms with van der Waals surface area (Å²) in [7, 11) is 0. The summed E-state index contributed by atoms with van der Waals surface area (Å²) in [6, 6.07) is 23.0. The zero-order valence-corrected chi connectivity index (χ0v) is 19.5. The molecule has 3 aromatic rings. The maximum atomic E-state index is 12.8. The number of rotatable bonds is 6. The minimum Gasteiger partial charge on any atom is -0.454 e. The average Bonchev–Trinajstić information content (AvgIpc) is 3.33. The first-order valence-corrected chi connectivity index (χ1v) is 11.9. The summed E-state index contributed by atoms with van der Waals surface area (Å²) >= 11 is 0. The fraction of sp³-hybridized carbons (Fsp3) is 0.286. The number of amides is 2. The van der Waals surface area contributed by atoms with Gasteiger partial charge in [-0.3, -0.25) is 4.90 Å². The van der Waals surface area contributed by atoms with Gasteiger partial charge in [-0.15, -0.1) is 0 Å². The molecule has 2 N–H and O–H groups in total. The van der Waals surface area contributed by atoms with Gasteiger partial charge >= 0.3 is 6.03 Å². The van der Waals surface area contributed by atoms with Crippen molar-refractivity contribution in [3.8, 4) is 17.6 Å². The van der Waals surface area contributed by atoms with E-state index < -0.39 is 0 Å². The van der Waals surface area contributed by atoms with Crippen molar-refractivity contribution in [2.45, 2.75) is 25.8 Å². The lowest BCUT2D eigenvalue weighted by atomic mass is 9.90. The van der Waals surface area contributed by atoms with Crippen molar-refractivity contribution in [3.05, 3.63) is 83.4 Å². The highest BCUT2D eigenvalue weighted by molar-refractivity contribution is 6.00. The number of hydrogen-bond donors (Lipinski definition) is 2. The minimum absolute atomic E-state index is 0.177. The van der Waals surface area contributed by atoms with Crippen LogP contribution in [0.15, 0.2) is 66.7 Å². The van der Waals surface area contributed by atoms with Gasteiger partial charge in [-0.05, 0) is 73.7 Å². The quantitative estimate of drug-likeness (QED) is 0.507. The van der Waals surface area contributed by atoms with Gasteiger partial charge < -0.3 is 20.1 Å². The van der Waals surface area contributed by atoms with E-state index in [1.807, 2.05) is 12.1 Å². The summed E-state index contributed by atoms with van der Waals surface area (Å²) in [6.07, 6.45) is 3.43. The number of hydrogen-bond acceptors (Lipinski definition) is 5. The third-order valence-electron chi connectivity index (χ3n) is 6.56. The SMILES string of the molecule is N#Cc1cccc(NC(=O)Nc2cc3c(cc2CN2CCC(Cc4ccccc4)CC2)OCO3)c1. The molecule has 2 heterocycles. The van der Waals surface area contributed by atoms with Crippen LogP contribution in [0.5, 0.6) is 11.5 Å². The smallest absolute Gasteiger partial charge is 0.323 e. The number of urea groups is 1. The molecular weight excluding hydrogens is 440 g/mol. The van der Waals surface area contributed by atoms with E-state index in [-0.39, 0.29) is 12.8 Å². The Balaban J connectivity index is 1.24. The van der Waals surface area contributed by atoms with Gasteiger partial charge in [0.25, 0.3) is 0 Å². The first-order valence-electron chi connectivity index (χ1n) is 11.9. The number of ether oxygens (including phenoxy) is 2. The Morgan fingerprint density at radius 2 is 1.74 bits per heavy atom. The van der Waals surface area contributed by atoms with Crippen molar-refractivity contribution in [1.29, 1.82) is 5.26 Å². The average molecular weight is 469 g/mol. The molecule has 0 unspecified atom stereocenters. The second-order valence-electron chi connectivity index (χ2n) is 9.04. The predicted molar refractivity (Wildman–Crippen MR) is 135 cm³/mol. The molecule has 0 radical (unpaired) electrons. The molecule has 2 aliphatic heterocycles. The van der Waals surface area contributed by atoms with E-state index in [2.05, 4.69) is 51.9 Å². The van der Waals surface area contributed by atoms with Crippen LogP contribution in [0.1, 0.15) is 29.5 Å². The van der Waals surface area contributed by atoms with Gasteiger partial charge in [0.1, 0.15) is 0 Å². The van der Waals surface area contributed by atoms with Gasteiger partial charge in [-0.25, -0.2) is 4.79 Å². The minimum atomic E-state index is -0.373. The fourth-order valence-corrected chi connectivity index (χ4v) is 4.72. The topological polar surface area (TPSA) is 86.6 Å². The lowest BCUT2D eigenvalue weighted by Gasteiger charge is -2.32. The van der Waals surface area contributed by atoms with Crippen molar-refractivity contribution in [2.24, 2.45) is 5.92 Å². The van der Waals surface area contributed by atoms with Gasteiger partial charge in [-0.1, -0.05) is 36.4 Å². The van der Waals surface area contributed by atoms with E-state index in [0.717, 1.165) is 37.9 Å². The number of anilines is 2. The monoisotopic (exact) mass is 468 g/mol. The second kappa shape index (κ2) is 10.5. The van der Waals surface area contributed by atoms with E-state index in [1.54, 1.807) is 24.3 Å². The number of benzene rings is 3. The maximum Gasteiger partial charge on any atom is 0.323 e. The lowest BCUT2D eigenvalue weighted by molar-refractivity contribution is 0.172. The summed E-state index contributed by atoms with van der Waals surface area (Å²) in [5.41, 5.74) is 4.12. The van der Waals surface area contributed by atoms with Crippen LogP contribution in [0.25, 0.3) is 0 Å². The lowest BCUT2D eigenvalue weighted by Crippen LogP contribution is -2.34. The van der Waals surface area contributed by atoms with Crippen LogP contribution >= 0.6 is 0 Å². The van der Waals surface area contributed by atoms with Crippen LogP contribution in [0, 0.1) is 17.2 Å². The van der Waals surface area contributed by atoms with Gasteiger partial charge in [0.2, 0.25) is 6.79 Å². The fourth-order valence-electron chi connectivity index (χ4n) is 4.72. The molecule has 7 nitrogen and oxygen atoms in total. The van der Waals surface area contributed by atoms with Crippen LogP contribution in [0.2, 0.25) is 0 Å². The number of nitriles is 1. The molecule has 0 aliphatic carbocycles. The largest absolute Gasteiger partial charge is 0.454 e. The van der Waals surface area contributed by atoms with Crippen molar-refractivity contribution >= 4 is 17.4 Å². The van der Waals surface area contributed by atoms with Gasteiger partial charge in [0, 0.05) is 18.3 Å². The van der Waals surface area contributed by atoms with Crippen molar-refractivity contribution in [2.75, 3.05) is 30.5 Å². The highest BCUT2D eigenvalue weighted by Gasteiger charge is 2.23. The van der Waals surface area contributed by atoms with Crippen LogP contribution in [-0.2, 0) is 13.0 Å². The van der Waals surface area contributed by atoms with Crippen LogP contribution in [-0.4, -0.2) is 30.8 Å². The molecule has 2 amide bonds. The van der Waals surface area contributed by atoms with E-state index in [0.29, 0.717) is 40.9 Å². The summed E-state index contributed by atoms with van der Waals surface area (Å²) in [4.78, 5) is 15.2. The molecule has 7 heteroatoms. The number of fused-ring (bicyclic) bond motifs is 1. The number of carbonyl (C=O) groups is 1. The standard InChI is InChI=1S/C28H28N4O3/c29-17-22-7-4-8-24(14-22)30-28(33)31-25-16-27-26(34-19-35-27)15-23(25)18-32-11-9-21(10-12-32)13-20-5-2-1-3-6-20/h1-8,14-16,21H,9-13,18-19H2,(H2,30,31,33). The number of carbonyl (C=O) groups excluding carboxylic acids is 1. The molecule has 0 aromatic heterocycles. The normalized spacial score (nSPS) is 15.4. The van der Waals surface area contributed by atoms with E-state index in [1.165, 1.54) is 5.56 Å².